The zero-order valence-electron chi connectivity index (χ0n) is 17.9. The van der Waals surface area contributed by atoms with Gasteiger partial charge in [-0.25, -0.2) is 8.42 Å². The largest absolute Gasteiger partial charge is 0.378 e. The standard InChI is InChI=1S/C20H33N5O4S/c1-17(23-13-11-22(2)12-14-23)16-21-19-8-7-18(15-20(19)25(26)27)30(28,29)24-9-5-3-4-6-10-24/h7-8,15,17,21H,3-6,9-14,16H2,1-2H3. The average Bonchev–Trinajstić information content (AvgIpc) is 3.02. The van der Waals surface area contributed by atoms with Gasteiger partial charge in [0, 0.05) is 57.9 Å². The highest BCUT2D eigenvalue weighted by molar-refractivity contribution is 7.89. The van der Waals surface area contributed by atoms with Crippen LogP contribution in [0.4, 0.5) is 11.4 Å². The molecule has 10 heteroatoms. The molecule has 0 aliphatic carbocycles. The highest BCUT2D eigenvalue weighted by Gasteiger charge is 2.28. The molecule has 2 fully saturated rings. The number of anilines is 1. The second kappa shape index (κ2) is 10.0. The molecule has 1 N–H and O–H groups in total. The first-order valence-electron chi connectivity index (χ1n) is 10.7. The number of nitrogens with one attached hydrogen (secondary N) is 1. The monoisotopic (exact) mass is 439 g/mol. The average molecular weight is 440 g/mol. The topological polar surface area (TPSA) is 99.0 Å². The fourth-order valence-corrected chi connectivity index (χ4v) is 5.59. The van der Waals surface area contributed by atoms with Crippen molar-refractivity contribution < 1.29 is 13.3 Å². The summed E-state index contributed by atoms with van der Waals surface area (Å²) in [5.74, 6) is 0. The molecule has 30 heavy (non-hydrogen) atoms. The smallest absolute Gasteiger partial charge is 0.293 e. The van der Waals surface area contributed by atoms with Gasteiger partial charge in [-0.15, -0.1) is 0 Å². The Morgan fingerprint density at radius 3 is 2.30 bits per heavy atom. The third kappa shape index (κ3) is 5.48. The maximum atomic E-state index is 13.0. The van der Waals surface area contributed by atoms with Crippen molar-refractivity contribution in [2.24, 2.45) is 0 Å². The number of nitrogens with zero attached hydrogens (tertiary/aromatic N) is 4. The summed E-state index contributed by atoms with van der Waals surface area (Å²) in [6.45, 7) is 7.55. The molecule has 2 aliphatic rings. The van der Waals surface area contributed by atoms with Crippen molar-refractivity contribution in [2.75, 3.05) is 58.2 Å². The van der Waals surface area contributed by atoms with Gasteiger partial charge in [-0.2, -0.15) is 4.31 Å². The molecule has 0 radical (unpaired) electrons. The number of sulfonamides is 1. The van der Waals surface area contributed by atoms with Crippen molar-refractivity contribution in [3.8, 4) is 0 Å². The maximum Gasteiger partial charge on any atom is 0.293 e. The van der Waals surface area contributed by atoms with Gasteiger partial charge in [-0.3, -0.25) is 15.0 Å². The van der Waals surface area contributed by atoms with Gasteiger partial charge < -0.3 is 10.2 Å². The van der Waals surface area contributed by atoms with E-state index in [-0.39, 0.29) is 16.6 Å². The van der Waals surface area contributed by atoms with E-state index in [1.807, 2.05) is 0 Å². The molecule has 3 rings (SSSR count). The van der Waals surface area contributed by atoms with E-state index in [0.29, 0.717) is 25.3 Å². The fourth-order valence-electron chi connectivity index (χ4n) is 4.05. The Morgan fingerprint density at radius 2 is 1.70 bits per heavy atom. The molecule has 0 amide bonds. The Kier molecular flexibility index (Phi) is 7.67. The first kappa shape index (κ1) is 22.9. The number of hydrogen-bond donors (Lipinski definition) is 1. The van der Waals surface area contributed by atoms with Gasteiger partial charge in [0.1, 0.15) is 5.69 Å². The summed E-state index contributed by atoms with van der Waals surface area (Å²) in [7, 11) is -1.62. The summed E-state index contributed by atoms with van der Waals surface area (Å²) in [6.07, 6.45) is 3.68. The molecule has 0 bridgehead atoms. The van der Waals surface area contributed by atoms with Gasteiger partial charge in [-0.05, 0) is 38.9 Å². The van der Waals surface area contributed by atoms with Crippen molar-refractivity contribution >= 4 is 21.4 Å². The van der Waals surface area contributed by atoms with E-state index in [0.717, 1.165) is 51.9 Å². The zero-order valence-corrected chi connectivity index (χ0v) is 18.7. The lowest BCUT2D eigenvalue weighted by Gasteiger charge is -2.36. The molecular weight excluding hydrogens is 406 g/mol. The van der Waals surface area contributed by atoms with Crippen LogP contribution in [0.5, 0.6) is 0 Å². The molecule has 0 saturated carbocycles. The Labute approximate surface area is 179 Å². The lowest BCUT2D eigenvalue weighted by atomic mass is 10.2. The highest BCUT2D eigenvalue weighted by atomic mass is 32.2. The van der Waals surface area contributed by atoms with E-state index in [9.17, 15) is 18.5 Å². The van der Waals surface area contributed by atoms with Gasteiger partial charge in [-0.1, -0.05) is 12.8 Å². The van der Waals surface area contributed by atoms with Crippen LogP contribution in [0, 0.1) is 10.1 Å². The first-order chi connectivity index (χ1) is 14.3. The molecule has 2 aliphatic heterocycles. The van der Waals surface area contributed by atoms with Gasteiger partial charge in [0.05, 0.1) is 9.82 Å². The van der Waals surface area contributed by atoms with Crippen LogP contribution in [0.2, 0.25) is 0 Å². The number of hydrogen-bond acceptors (Lipinski definition) is 7. The molecule has 1 atom stereocenters. The van der Waals surface area contributed by atoms with E-state index < -0.39 is 14.9 Å². The number of benzene rings is 1. The van der Waals surface area contributed by atoms with Crippen molar-refractivity contribution in [2.45, 2.75) is 43.5 Å². The molecule has 2 heterocycles. The van der Waals surface area contributed by atoms with Crippen LogP contribution >= 0.6 is 0 Å². The molecule has 168 valence electrons. The van der Waals surface area contributed by atoms with Crippen molar-refractivity contribution in [1.82, 2.24) is 14.1 Å². The second-order valence-electron chi connectivity index (χ2n) is 8.32. The SMILES string of the molecule is CC(CNc1ccc(S(=O)(=O)N2CCCCCC2)cc1[N+](=O)[O-])N1CCN(C)CC1. The predicted molar refractivity (Wildman–Crippen MR) is 117 cm³/mol. The van der Waals surface area contributed by atoms with Crippen LogP contribution in [-0.4, -0.2) is 86.3 Å². The number of nitro groups is 1. The second-order valence-corrected chi connectivity index (χ2v) is 10.3. The summed E-state index contributed by atoms with van der Waals surface area (Å²) in [5, 5.41) is 14.8. The molecule has 0 spiro atoms. The highest BCUT2D eigenvalue weighted by Crippen LogP contribution is 2.30. The third-order valence-corrected chi connectivity index (χ3v) is 8.01. The minimum Gasteiger partial charge on any atom is -0.378 e. The van der Waals surface area contributed by atoms with Crippen LogP contribution in [0.25, 0.3) is 0 Å². The van der Waals surface area contributed by atoms with Crippen LogP contribution in [-0.2, 0) is 10.0 Å². The van der Waals surface area contributed by atoms with Gasteiger partial charge in [0.25, 0.3) is 5.69 Å². The Balaban J connectivity index is 1.72. The van der Waals surface area contributed by atoms with E-state index in [1.165, 1.54) is 22.5 Å². The van der Waals surface area contributed by atoms with Crippen molar-refractivity contribution in [1.29, 1.82) is 0 Å². The molecule has 1 aromatic rings. The van der Waals surface area contributed by atoms with Gasteiger partial charge in [0.15, 0.2) is 0 Å². The van der Waals surface area contributed by atoms with Gasteiger partial charge in [0.2, 0.25) is 10.0 Å². The normalized spacial score (nSPS) is 21.1. The fraction of sp³-hybridized carbons (Fsp3) is 0.700. The Hall–Kier alpha value is -1.75. The van der Waals surface area contributed by atoms with Crippen LogP contribution in [0.3, 0.4) is 0 Å². The summed E-state index contributed by atoms with van der Waals surface area (Å²) in [6, 6.07) is 4.43. The van der Waals surface area contributed by atoms with Crippen molar-refractivity contribution in [3.63, 3.8) is 0 Å². The predicted octanol–water partition coefficient (Wildman–Crippen LogP) is 2.21. The Morgan fingerprint density at radius 1 is 1.07 bits per heavy atom. The lowest BCUT2D eigenvalue weighted by molar-refractivity contribution is -0.384. The first-order valence-corrected chi connectivity index (χ1v) is 12.2. The van der Waals surface area contributed by atoms with E-state index in [4.69, 9.17) is 0 Å². The maximum absolute atomic E-state index is 13.0. The van der Waals surface area contributed by atoms with Crippen LogP contribution in [0.1, 0.15) is 32.6 Å². The quantitative estimate of drug-likeness (QED) is 0.514. The molecule has 1 unspecified atom stereocenters. The molecule has 1 aromatic carbocycles. The van der Waals surface area contributed by atoms with Gasteiger partial charge >= 0.3 is 0 Å². The molecule has 2 saturated heterocycles. The third-order valence-electron chi connectivity index (χ3n) is 6.12. The van der Waals surface area contributed by atoms with E-state index >= 15 is 0 Å². The summed E-state index contributed by atoms with van der Waals surface area (Å²) >= 11 is 0. The number of piperazine rings is 1. The zero-order chi connectivity index (χ0) is 21.7. The lowest BCUT2D eigenvalue weighted by Crippen LogP contribution is -2.49. The van der Waals surface area contributed by atoms with Crippen molar-refractivity contribution in [3.05, 3.63) is 28.3 Å². The number of rotatable bonds is 7. The van der Waals surface area contributed by atoms with Crippen LogP contribution in [0.15, 0.2) is 23.1 Å². The van der Waals surface area contributed by atoms with Crippen LogP contribution < -0.4 is 5.32 Å². The molecule has 0 aromatic heterocycles. The molecular formula is C20H33N5O4S. The Bertz CT molecular complexity index is 832. The number of likely N-dealkylation sites (N-methyl/N-ethyl adjacent to an activating group) is 1. The number of nitro benzene ring substituents is 1. The summed E-state index contributed by atoms with van der Waals surface area (Å²) in [4.78, 5) is 15.8. The summed E-state index contributed by atoms with van der Waals surface area (Å²) in [5.41, 5.74) is 0.160. The van der Waals surface area contributed by atoms with E-state index in [2.05, 4.69) is 29.1 Å². The minimum absolute atomic E-state index is 0.00577. The van der Waals surface area contributed by atoms with E-state index in [1.54, 1.807) is 0 Å². The molecule has 9 nitrogen and oxygen atoms in total. The minimum atomic E-state index is -3.72. The summed E-state index contributed by atoms with van der Waals surface area (Å²) < 4.78 is 27.5.